The van der Waals surface area contributed by atoms with Crippen LogP contribution >= 0.6 is 0 Å². The maximum absolute atomic E-state index is 14.4. The molecular formula is C72H72O16. The third-order valence-electron chi connectivity index (χ3n) is 14.0. The zero-order valence-corrected chi connectivity index (χ0v) is 48.7. The first kappa shape index (κ1) is 63.8. The van der Waals surface area contributed by atoms with Crippen LogP contribution < -0.4 is 0 Å². The SMILES string of the molecule is O=C(OC[C@H]1O[C@@H](OCC(COC(COCc2ccccc2)COCc2ccccc2)COC(COCc2ccccc2)COCc2ccccc2)[C@H](OC(=O)c2ccccc2)[C@@H](OC(=O)c2ccccc2)[C@H]1OC(=O)c1ccccc1)c1ccccc1. The summed E-state index contributed by atoms with van der Waals surface area (Å²) in [6.07, 6.45) is -9.07. The highest BCUT2D eigenvalue weighted by Crippen LogP contribution is 2.32. The molecule has 0 bridgehead atoms. The van der Waals surface area contributed by atoms with E-state index in [-0.39, 0.29) is 68.5 Å². The highest BCUT2D eigenvalue weighted by atomic mass is 16.7. The molecule has 16 heteroatoms. The van der Waals surface area contributed by atoms with Crippen LogP contribution in [0, 0.1) is 5.92 Å². The zero-order chi connectivity index (χ0) is 60.8. The lowest BCUT2D eigenvalue weighted by atomic mass is 9.97. The fourth-order valence-electron chi connectivity index (χ4n) is 9.40. The number of rotatable bonds is 34. The quantitative estimate of drug-likeness (QED) is 0.0274. The van der Waals surface area contributed by atoms with Crippen molar-refractivity contribution in [2.24, 2.45) is 5.92 Å². The molecule has 1 heterocycles. The summed E-state index contributed by atoms with van der Waals surface area (Å²) in [7, 11) is 0. The molecule has 16 nitrogen and oxygen atoms in total. The number of benzene rings is 8. The molecule has 0 aliphatic carbocycles. The highest BCUT2D eigenvalue weighted by molar-refractivity contribution is 5.91. The van der Waals surface area contributed by atoms with Crippen LogP contribution in [0.25, 0.3) is 0 Å². The van der Waals surface area contributed by atoms with Gasteiger partial charge in [-0.15, -0.1) is 0 Å². The molecule has 8 aromatic carbocycles. The van der Waals surface area contributed by atoms with E-state index in [2.05, 4.69) is 0 Å². The molecule has 1 fully saturated rings. The van der Waals surface area contributed by atoms with Gasteiger partial charge in [0.1, 0.15) is 24.9 Å². The largest absolute Gasteiger partial charge is 0.459 e. The van der Waals surface area contributed by atoms with Crippen molar-refractivity contribution < 1.29 is 76.0 Å². The predicted molar refractivity (Wildman–Crippen MR) is 326 cm³/mol. The molecule has 5 atom stereocenters. The van der Waals surface area contributed by atoms with Gasteiger partial charge in [0.05, 0.1) is 94.9 Å². The zero-order valence-electron chi connectivity index (χ0n) is 48.7. The lowest BCUT2D eigenvalue weighted by Crippen LogP contribution is -2.63. The summed E-state index contributed by atoms with van der Waals surface area (Å²) >= 11 is 0. The predicted octanol–water partition coefficient (Wildman–Crippen LogP) is 11.5. The minimum atomic E-state index is -1.65. The number of esters is 4. The molecule has 456 valence electrons. The van der Waals surface area contributed by atoms with Gasteiger partial charge in [-0.25, -0.2) is 19.2 Å². The molecule has 9 rings (SSSR count). The van der Waals surface area contributed by atoms with Crippen LogP contribution in [-0.2, 0) is 83.3 Å². The smallest absolute Gasteiger partial charge is 0.338 e. The van der Waals surface area contributed by atoms with Crippen molar-refractivity contribution in [1.29, 1.82) is 0 Å². The molecule has 0 N–H and O–H groups in total. The Morgan fingerprint density at radius 3 is 0.966 bits per heavy atom. The second kappa shape index (κ2) is 35.2. The first-order valence-electron chi connectivity index (χ1n) is 29.3. The molecule has 8 aromatic rings. The molecule has 0 unspecified atom stereocenters. The van der Waals surface area contributed by atoms with Crippen LogP contribution in [0.2, 0.25) is 0 Å². The molecule has 88 heavy (non-hydrogen) atoms. The van der Waals surface area contributed by atoms with E-state index in [0.29, 0.717) is 26.4 Å². The first-order chi connectivity index (χ1) is 43.3. The third-order valence-corrected chi connectivity index (χ3v) is 14.0. The van der Waals surface area contributed by atoms with Crippen molar-refractivity contribution in [3.63, 3.8) is 0 Å². The Labute approximate surface area is 513 Å². The average Bonchev–Trinajstić information content (AvgIpc) is 3.55. The van der Waals surface area contributed by atoms with Gasteiger partial charge >= 0.3 is 23.9 Å². The van der Waals surface area contributed by atoms with E-state index in [1.165, 1.54) is 0 Å². The van der Waals surface area contributed by atoms with Gasteiger partial charge in [0.2, 0.25) is 0 Å². The van der Waals surface area contributed by atoms with Crippen molar-refractivity contribution in [3.05, 3.63) is 287 Å². The summed E-state index contributed by atoms with van der Waals surface area (Å²) < 4.78 is 77.0. The van der Waals surface area contributed by atoms with E-state index in [9.17, 15) is 19.2 Å². The summed E-state index contributed by atoms with van der Waals surface area (Å²) in [5, 5.41) is 0. The van der Waals surface area contributed by atoms with Gasteiger partial charge in [-0.05, 0) is 70.8 Å². The summed E-state index contributed by atoms with van der Waals surface area (Å²) in [4.78, 5) is 56.8. The van der Waals surface area contributed by atoms with E-state index in [1.807, 2.05) is 121 Å². The lowest BCUT2D eigenvalue weighted by molar-refractivity contribution is -0.302. The molecule has 1 aliphatic rings. The maximum atomic E-state index is 14.4. The topological polar surface area (TPSA) is 179 Å². The standard InChI is InChI=1S/C72H72O16/c73-68(58-33-17-5-18-34-58)83-52-64-65(86-69(74)59-35-19-6-20-36-59)66(87-70(75)60-37-21-7-22-38-60)67(88-71(76)61-39-23-8-24-40-61)72(85-64)84-47-57(45-81-62(48-77-41-53-25-9-1-10-26-53)49-78-42-54-27-11-2-12-28-54)46-82-63(50-79-43-55-29-13-3-14-30-55)51-80-44-56-31-15-4-16-32-56/h1-40,57,62-67,72H,41-52H2/t64-,65+,66+,67-,72-/m1/s1. The van der Waals surface area contributed by atoms with Crippen molar-refractivity contribution in [3.8, 4) is 0 Å². The van der Waals surface area contributed by atoms with E-state index < -0.39 is 79.3 Å². The number of ether oxygens (including phenoxy) is 12. The number of carbonyl (C=O) groups excluding carboxylic acids is 4. The van der Waals surface area contributed by atoms with Crippen molar-refractivity contribution in [2.45, 2.75) is 69.3 Å². The minimum absolute atomic E-state index is 0.000429. The minimum Gasteiger partial charge on any atom is -0.459 e. The Hall–Kier alpha value is -8.68. The van der Waals surface area contributed by atoms with Crippen LogP contribution in [0.4, 0.5) is 0 Å². The lowest BCUT2D eigenvalue weighted by Gasteiger charge is -2.44. The van der Waals surface area contributed by atoms with Crippen LogP contribution in [0.15, 0.2) is 243 Å². The summed E-state index contributed by atoms with van der Waals surface area (Å²) in [6, 6.07) is 72.0. The molecule has 1 aliphatic heterocycles. The fourth-order valence-corrected chi connectivity index (χ4v) is 9.40. The van der Waals surface area contributed by atoms with Crippen molar-refractivity contribution >= 4 is 23.9 Å². The summed E-state index contributed by atoms with van der Waals surface area (Å²) in [6.45, 7) is 1.17. The third kappa shape index (κ3) is 20.8. The van der Waals surface area contributed by atoms with Gasteiger partial charge in [0.15, 0.2) is 24.6 Å². The molecular weight excluding hydrogens is 1120 g/mol. The van der Waals surface area contributed by atoms with Crippen LogP contribution in [0.3, 0.4) is 0 Å². The molecule has 0 amide bonds. The van der Waals surface area contributed by atoms with Gasteiger partial charge in [-0.2, -0.15) is 0 Å². The monoisotopic (exact) mass is 1190 g/mol. The molecule has 0 saturated carbocycles. The Kier molecular flexibility index (Phi) is 25.5. The first-order valence-corrected chi connectivity index (χ1v) is 29.3. The number of hydrogen-bond acceptors (Lipinski definition) is 16. The Bertz CT molecular complexity index is 3090. The molecule has 0 radical (unpaired) electrons. The van der Waals surface area contributed by atoms with Gasteiger partial charge < -0.3 is 56.8 Å². The van der Waals surface area contributed by atoms with E-state index in [1.54, 1.807) is 121 Å². The number of hydrogen-bond donors (Lipinski definition) is 0. The van der Waals surface area contributed by atoms with Gasteiger partial charge in [-0.3, -0.25) is 0 Å². The summed E-state index contributed by atoms with van der Waals surface area (Å²) in [5.74, 6) is -3.88. The van der Waals surface area contributed by atoms with Gasteiger partial charge in [-0.1, -0.05) is 194 Å². The Morgan fingerprint density at radius 2 is 0.625 bits per heavy atom. The number of carbonyl (C=O) groups is 4. The van der Waals surface area contributed by atoms with Crippen molar-refractivity contribution in [2.75, 3.05) is 52.9 Å². The summed E-state index contributed by atoms with van der Waals surface area (Å²) in [5.41, 5.74) is 4.59. The fraction of sp³-hybridized carbons (Fsp3) is 0.278. The van der Waals surface area contributed by atoms with Crippen molar-refractivity contribution in [1.82, 2.24) is 0 Å². The molecule has 0 spiro atoms. The van der Waals surface area contributed by atoms with Crippen LogP contribution in [0.5, 0.6) is 0 Å². The maximum Gasteiger partial charge on any atom is 0.338 e. The van der Waals surface area contributed by atoms with E-state index in [4.69, 9.17) is 56.8 Å². The molecule has 0 aromatic heterocycles. The second-order valence-corrected chi connectivity index (χ2v) is 20.8. The van der Waals surface area contributed by atoms with E-state index >= 15 is 0 Å². The Morgan fingerprint density at radius 1 is 0.330 bits per heavy atom. The normalized spacial score (nSPS) is 16.5. The van der Waals surface area contributed by atoms with Gasteiger partial charge in [0.25, 0.3) is 0 Å². The highest BCUT2D eigenvalue weighted by Gasteiger charge is 2.54. The van der Waals surface area contributed by atoms with E-state index in [0.717, 1.165) is 22.3 Å². The molecule has 1 saturated heterocycles. The van der Waals surface area contributed by atoms with Gasteiger partial charge in [0, 0.05) is 5.92 Å². The second-order valence-electron chi connectivity index (χ2n) is 20.8. The average molecular weight is 1190 g/mol. The Balaban J connectivity index is 1.04. The van der Waals surface area contributed by atoms with Crippen LogP contribution in [-0.4, -0.2) is 120 Å². The van der Waals surface area contributed by atoms with Crippen LogP contribution in [0.1, 0.15) is 63.7 Å².